The molecule has 0 unspecified atom stereocenters. The quantitative estimate of drug-likeness (QED) is 0.563. The Morgan fingerprint density at radius 3 is 2.81 bits per heavy atom. The molecule has 1 nitrogen and oxygen atoms in total. The van der Waals surface area contributed by atoms with Crippen molar-refractivity contribution in [1.29, 1.82) is 0 Å². The van der Waals surface area contributed by atoms with Gasteiger partial charge in [-0.1, -0.05) is 36.4 Å². The number of halogens is 1. The third kappa shape index (κ3) is 1.50. The summed E-state index contributed by atoms with van der Waals surface area (Å²) in [5.41, 5.74) is 2.78. The van der Waals surface area contributed by atoms with E-state index >= 15 is 0 Å². The highest BCUT2D eigenvalue weighted by Gasteiger charge is 2.47. The van der Waals surface area contributed by atoms with Gasteiger partial charge in [0.2, 0.25) is 0 Å². The van der Waals surface area contributed by atoms with Crippen LogP contribution in [0.1, 0.15) is 17.9 Å². The van der Waals surface area contributed by atoms with Gasteiger partial charge in [-0.3, -0.25) is 0 Å². The van der Waals surface area contributed by atoms with Gasteiger partial charge in [-0.25, -0.2) is 0 Å². The Labute approximate surface area is 101 Å². The van der Waals surface area contributed by atoms with Crippen LogP contribution in [0.3, 0.4) is 0 Å². The van der Waals surface area contributed by atoms with Crippen molar-refractivity contribution in [1.82, 2.24) is 0 Å². The second-order valence-corrected chi connectivity index (χ2v) is 4.79. The van der Waals surface area contributed by atoms with Crippen LogP contribution in [0.2, 0.25) is 0 Å². The summed E-state index contributed by atoms with van der Waals surface area (Å²) in [4.78, 5) is 0. The van der Waals surface area contributed by atoms with Crippen LogP contribution in [-0.4, -0.2) is 18.6 Å². The molecule has 3 rings (SSSR count). The van der Waals surface area contributed by atoms with Crippen LogP contribution in [0, 0.1) is 5.92 Å². The molecule has 0 radical (unpaired) electrons. The van der Waals surface area contributed by atoms with Crippen molar-refractivity contribution < 1.29 is 4.74 Å². The maximum atomic E-state index is 6.07. The van der Waals surface area contributed by atoms with Crippen molar-refractivity contribution in [3.63, 3.8) is 0 Å². The standard InChI is InChI=1S/C14H15ClO/c15-9-12-11-7-4-8-16-14(11)13(12)10-5-2-1-3-6-10/h1-3,5-7,12-14H,4,8-9H2/t12-,13-,14+/m1/s1. The van der Waals surface area contributed by atoms with E-state index in [0.29, 0.717) is 23.8 Å². The topological polar surface area (TPSA) is 9.23 Å². The van der Waals surface area contributed by atoms with E-state index in [2.05, 4.69) is 36.4 Å². The lowest BCUT2D eigenvalue weighted by Crippen LogP contribution is -2.46. The number of ether oxygens (including phenoxy) is 1. The molecule has 2 heteroatoms. The maximum absolute atomic E-state index is 6.07. The van der Waals surface area contributed by atoms with Crippen molar-refractivity contribution in [3.8, 4) is 0 Å². The molecule has 1 saturated carbocycles. The second-order valence-electron chi connectivity index (χ2n) is 4.48. The van der Waals surface area contributed by atoms with Gasteiger partial charge in [0, 0.05) is 17.7 Å². The zero-order valence-electron chi connectivity index (χ0n) is 9.10. The van der Waals surface area contributed by atoms with Gasteiger partial charge in [-0.15, -0.1) is 11.6 Å². The molecule has 0 bridgehead atoms. The minimum Gasteiger partial charge on any atom is -0.373 e. The van der Waals surface area contributed by atoms with Crippen LogP contribution in [0.25, 0.3) is 0 Å². The van der Waals surface area contributed by atoms with E-state index in [1.165, 1.54) is 11.1 Å². The average Bonchev–Trinajstić information content (AvgIpc) is 2.33. The fourth-order valence-electron chi connectivity index (χ4n) is 2.87. The maximum Gasteiger partial charge on any atom is 0.0863 e. The van der Waals surface area contributed by atoms with E-state index < -0.39 is 0 Å². The highest BCUT2D eigenvalue weighted by atomic mass is 35.5. The van der Waals surface area contributed by atoms with E-state index in [1.807, 2.05) is 0 Å². The second kappa shape index (κ2) is 4.23. The summed E-state index contributed by atoms with van der Waals surface area (Å²) in [6, 6.07) is 10.6. The molecule has 3 atom stereocenters. The Kier molecular flexibility index (Phi) is 2.74. The van der Waals surface area contributed by atoms with Gasteiger partial charge in [0.05, 0.1) is 12.7 Å². The van der Waals surface area contributed by atoms with Crippen molar-refractivity contribution in [3.05, 3.63) is 47.5 Å². The molecule has 1 aromatic carbocycles. The molecule has 1 fully saturated rings. The van der Waals surface area contributed by atoms with Gasteiger partial charge in [-0.05, 0) is 17.6 Å². The zero-order chi connectivity index (χ0) is 11.0. The molecule has 1 aromatic rings. The summed E-state index contributed by atoms with van der Waals surface area (Å²) < 4.78 is 5.85. The predicted octanol–water partition coefficient (Wildman–Crippen LogP) is 3.35. The Morgan fingerprint density at radius 1 is 1.25 bits per heavy atom. The molecule has 0 saturated heterocycles. The summed E-state index contributed by atoms with van der Waals surface area (Å²) in [5, 5.41) is 0. The minimum absolute atomic E-state index is 0.292. The smallest absolute Gasteiger partial charge is 0.0863 e. The third-order valence-electron chi connectivity index (χ3n) is 3.66. The predicted molar refractivity (Wildman–Crippen MR) is 65.8 cm³/mol. The van der Waals surface area contributed by atoms with Gasteiger partial charge in [0.1, 0.15) is 0 Å². The number of fused-ring (bicyclic) bond motifs is 1. The largest absolute Gasteiger partial charge is 0.373 e. The van der Waals surface area contributed by atoms with E-state index in [4.69, 9.17) is 16.3 Å². The molecule has 0 aromatic heterocycles. The SMILES string of the molecule is ClC[C@@H]1C2=CCCO[C@@H]2[C@@H]1c1ccccc1. The van der Waals surface area contributed by atoms with Crippen LogP contribution >= 0.6 is 11.6 Å². The van der Waals surface area contributed by atoms with E-state index in [0.717, 1.165) is 13.0 Å². The number of alkyl halides is 1. The minimum atomic E-state index is 0.292. The average molecular weight is 235 g/mol. The van der Waals surface area contributed by atoms with Gasteiger partial charge in [0.25, 0.3) is 0 Å². The molecule has 0 N–H and O–H groups in total. The summed E-state index contributed by atoms with van der Waals surface area (Å²) in [6.45, 7) is 0.854. The number of rotatable bonds is 2. The van der Waals surface area contributed by atoms with E-state index in [9.17, 15) is 0 Å². The molecule has 1 heterocycles. The summed E-state index contributed by atoms with van der Waals surface area (Å²) in [6.07, 6.45) is 3.65. The van der Waals surface area contributed by atoms with Crippen LogP contribution in [0.15, 0.2) is 42.0 Å². The normalized spacial score (nSPS) is 32.6. The molecular weight excluding hydrogens is 220 g/mol. The zero-order valence-corrected chi connectivity index (χ0v) is 9.86. The van der Waals surface area contributed by atoms with Crippen LogP contribution in [0.5, 0.6) is 0 Å². The fraction of sp³-hybridized carbons (Fsp3) is 0.429. The number of hydrogen-bond acceptors (Lipinski definition) is 1. The van der Waals surface area contributed by atoms with E-state index in [-0.39, 0.29) is 0 Å². The lowest BCUT2D eigenvalue weighted by atomic mass is 9.63. The third-order valence-corrected chi connectivity index (χ3v) is 3.99. The van der Waals surface area contributed by atoms with Crippen molar-refractivity contribution >= 4 is 11.6 Å². The Balaban J connectivity index is 1.91. The molecule has 16 heavy (non-hydrogen) atoms. The molecule has 0 amide bonds. The highest BCUT2D eigenvalue weighted by molar-refractivity contribution is 6.18. The van der Waals surface area contributed by atoms with Gasteiger partial charge in [0.15, 0.2) is 0 Å². The van der Waals surface area contributed by atoms with Crippen molar-refractivity contribution in [2.45, 2.75) is 18.4 Å². The Morgan fingerprint density at radius 2 is 2.06 bits per heavy atom. The molecule has 0 spiro atoms. The van der Waals surface area contributed by atoms with Crippen LogP contribution < -0.4 is 0 Å². The fourth-order valence-corrected chi connectivity index (χ4v) is 3.24. The van der Waals surface area contributed by atoms with Crippen molar-refractivity contribution in [2.75, 3.05) is 12.5 Å². The first-order valence-electron chi connectivity index (χ1n) is 5.84. The van der Waals surface area contributed by atoms with Crippen LogP contribution in [0.4, 0.5) is 0 Å². The molecule has 1 aliphatic heterocycles. The lowest BCUT2D eigenvalue weighted by Gasteiger charge is -2.48. The molecule has 1 aliphatic carbocycles. The molecule has 84 valence electrons. The summed E-state index contributed by atoms with van der Waals surface area (Å²) >= 11 is 6.07. The first kappa shape index (κ1) is 10.4. The van der Waals surface area contributed by atoms with Gasteiger partial charge < -0.3 is 4.74 Å². The Hall–Kier alpha value is -0.790. The number of benzene rings is 1. The lowest BCUT2D eigenvalue weighted by molar-refractivity contribution is -0.00421. The number of hydrogen-bond donors (Lipinski definition) is 0. The molecule has 2 aliphatic rings. The summed E-state index contributed by atoms with van der Waals surface area (Å²) in [5.74, 6) is 1.64. The van der Waals surface area contributed by atoms with Crippen LogP contribution in [-0.2, 0) is 4.74 Å². The van der Waals surface area contributed by atoms with E-state index in [1.54, 1.807) is 0 Å². The van der Waals surface area contributed by atoms with Crippen molar-refractivity contribution in [2.24, 2.45) is 5.92 Å². The molecular formula is C14H15ClO. The van der Waals surface area contributed by atoms with Gasteiger partial charge in [-0.2, -0.15) is 0 Å². The van der Waals surface area contributed by atoms with Gasteiger partial charge >= 0.3 is 0 Å². The monoisotopic (exact) mass is 234 g/mol. The first-order valence-corrected chi connectivity index (χ1v) is 6.37. The highest BCUT2D eigenvalue weighted by Crippen LogP contribution is 2.50. The first-order chi connectivity index (χ1) is 7.92. The summed E-state index contributed by atoms with van der Waals surface area (Å²) in [7, 11) is 0. The Bertz CT molecular complexity index is 398.